The van der Waals surface area contributed by atoms with Crippen molar-refractivity contribution in [2.75, 3.05) is 13.6 Å². The highest BCUT2D eigenvalue weighted by atomic mass is 16.6. The fraction of sp³-hybridized carbons (Fsp3) is 0.600. The van der Waals surface area contributed by atoms with Crippen LogP contribution in [0.5, 0.6) is 0 Å². The quantitative estimate of drug-likeness (QED) is 0.568. The van der Waals surface area contributed by atoms with E-state index in [2.05, 4.69) is 0 Å². The van der Waals surface area contributed by atoms with Crippen LogP contribution in [0.1, 0.15) is 20.8 Å². The Labute approximate surface area is 93.5 Å². The summed E-state index contributed by atoms with van der Waals surface area (Å²) in [6.07, 6.45) is -0.693. The van der Waals surface area contributed by atoms with Crippen LogP contribution in [0.2, 0.25) is 0 Å². The minimum absolute atomic E-state index is 0.340. The maximum atomic E-state index is 11.4. The lowest BCUT2D eigenvalue weighted by Gasteiger charge is -2.24. The lowest BCUT2D eigenvalue weighted by Crippen LogP contribution is -2.36. The number of ether oxygens (including phenoxy) is 1. The molecule has 16 heavy (non-hydrogen) atoms. The number of carbonyl (C=O) groups is 2. The lowest BCUT2D eigenvalue weighted by atomic mass is 10.2. The molecule has 6 heteroatoms. The first-order valence-corrected chi connectivity index (χ1v) is 4.58. The number of aliphatic carboxylic acids is 1. The van der Waals surface area contributed by atoms with Crippen LogP contribution in [0.25, 0.3) is 0 Å². The Balaban J connectivity index is 4.48. The topological polar surface area (TPSA) is 83.9 Å². The molecule has 0 bridgehead atoms. The van der Waals surface area contributed by atoms with Crippen molar-refractivity contribution in [3.05, 3.63) is 5.57 Å². The second-order valence-corrected chi connectivity index (χ2v) is 4.22. The summed E-state index contributed by atoms with van der Waals surface area (Å²) in [5, 5.41) is 8.56. The van der Waals surface area contributed by atoms with Crippen LogP contribution in [-0.4, -0.2) is 47.2 Å². The number of carboxylic acid groups (broad SMARTS) is 1. The third-order valence-corrected chi connectivity index (χ3v) is 1.48. The summed E-state index contributed by atoms with van der Waals surface area (Å²) >= 11 is 0. The molecule has 1 N–H and O–H groups in total. The first kappa shape index (κ1) is 14.2. The summed E-state index contributed by atoms with van der Waals surface area (Å²) < 4.78 is 4.98. The van der Waals surface area contributed by atoms with Crippen molar-refractivity contribution in [1.29, 1.82) is 0 Å². The molecule has 0 aromatic carbocycles. The van der Waals surface area contributed by atoms with Gasteiger partial charge in [0.05, 0.1) is 6.54 Å². The maximum absolute atomic E-state index is 11.4. The van der Waals surface area contributed by atoms with Crippen molar-refractivity contribution in [2.24, 2.45) is 0 Å². The standard InChI is InChI=1S/C10H15NO5/c1-10(2,3)16-9(15)11(4)5-7(6-12)8(13)14/h5H2,1-4H3,(H,13,14). The maximum Gasteiger partial charge on any atom is 0.410 e. The molecule has 0 aliphatic rings. The van der Waals surface area contributed by atoms with Gasteiger partial charge in [0.2, 0.25) is 0 Å². The Kier molecular flexibility index (Phi) is 4.72. The SMILES string of the molecule is CN(CC(=C=O)C(=O)O)C(=O)OC(C)(C)C. The summed E-state index contributed by atoms with van der Waals surface area (Å²) in [6, 6.07) is 0. The van der Waals surface area contributed by atoms with E-state index < -0.39 is 23.2 Å². The van der Waals surface area contributed by atoms with Gasteiger partial charge in [0.25, 0.3) is 0 Å². The van der Waals surface area contributed by atoms with Crippen LogP contribution < -0.4 is 0 Å². The summed E-state index contributed by atoms with van der Waals surface area (Å²) in [5.74, 6) is -0.130. The van der Waals surface area contributed by atoms with Crippen molar-refractivity contribution in [2.45, 2.75) is 26.4 Å². The van der Waals surface area contributed by atoms with E-state index in [9.17, 15) is 14.4 Å². The van der Waals surface area contributed by atoms with Gasteiger partial charge < -0.3 is 14.7 Å². The zero-order chi connectivity index (χ0) is 12.9. The monoisotopic (exact) mass is 229 g/mol. The summed E-state index contributed by atoms with van der Waals surface area (Å²) in [5.41, 5.74) is -1.19. The number of carboxylic acids is 1. The van der Waals surface area contributed by atoms with Crippen molar-refractivity contribution >= 4 is 18.0 Å². The Bertz CT molecular complexity index is 336. The zero-order valence-corrected chi connectivity index (χ0v) is 9.73. The summed E-state index contributed by atoms with van der Waals surface area (Å²) in [6.45, 7) is 4.72. The van der Waals surface area contributed by atoms with E-state index in [1.807, 2.05) is 0 Å². The van der Waals surface area contributed by atoms with Gasteiger partial charge in [-0.25, -0.2) is 14.4 Å². The average Bonchev–Trinajstić information content (AvgIpc) is 2.10. The minimum atomic E-state index is -1.40. The van der Waals surface area contributed by atoms with Crippen molar-refractivity contribution in [3.8, 4) is 0 Å². The van der Waals surface area contributed by atoms with Crippen LogP contribution in [-0.2, 0) is 14.3 Å². The highest BCUT2D eigenvalue weighted by molar-refractivity contribution is 5.96. The van der Waals surface area contributed by atoms with Gasteiger partial charge in [-0.3, -0.25) is 0 Å². The molecule has 0 radical (unpaired) electrons. The van der Waals surface area contributed by atoms with Crippen LogP contribution in [0, 0.1) is 0 Å². The summed E-state index contributed by atoms with van der Waals surface area (Å²) in [4.78, 5) is 33.2. The fourth-order valence-corrected chi connectivity index (χ4v) is 0.785. The molecule has 0 aromatic rings. The fourth-order valence-electron chi connectivity index (χ4n) is 0.785. The number of carbonyl (C=O) groups excluding carboxylic acids is 2. The van der Waals surface area contributed by atoms with E-state index in [-0.39, 0.29) is 6.54 Å². The molecule has 0 saturated carbocycles. The van der Waals surface area contributed by atoms with Crippen LogP contribution in [0.3, 0.4) is 0 Å². The average molecular weight is 229 g/mol. The van der Waals surface area contributed by atoms with Gasteiger partial charge in [-0.2, -0.15) is 0 Å². The second-order valence-electron chi connectivity index (χ2n) is 4.22. The van der Waals surface area contributed by atoms with Crippen LogP contribution >= 0.6 is 0 Å². The zero-order valence-electron chi connectivity index (χ0n) is 9.73. The van der Waals surface area contributed by atoms with Gasteiger partial charge in [0.15, 0.2) is 0 Å². The van der Waals surface area contributed by atoms with E-state index >= 15 is 0 Å². The van der Waals surface area contributed by atoms with E-state index in [0.29, 0.717) is 0 Å². The third-order valence-electron chi connectivity index (χ3n) is 1.48. The number of likely N-dealkylation sites (N-methyl/N-ethyl adjacent to an activating group) is 1. The molecule has 0 aromatic heterocycles. The van der Waals surface area contributed by atoms with Gasteiger partial charge in [0.1, 0.15) is 17.1 Å². The molecule has 0 unspecified atom stereocenters. The molecule has 6 nitrogen and oxygen atoms in total. The largest absolute Gasteiger partial charge is 0.477 e. The molecule has 1 amide bonds. The smallest absolute Gasteiger partial charge is 0.410 e. The predicted octanol–water partition coefficient (Wildman–Crippen LogP) is 0.696. The van der Waals surface area contributed by atoms with E-state index in [1.165, 1.54) is 13.0 Å². The summed E-state index contributed by atoms with van der Waals surface area (Å²) in [7, 11) is 1.34. The second kappa shape index (κ2) is 5.32. The molecule has 0 rings (SSSR count). The molecule has 0 heterocycles. The molecule has 90 valence electrons. The predicted molar refractivity (Wildman–Crippen MR) is 55.7 cm³/mol. The molecule has 0 spiro atoms. The number of amides is 1. The van der Waals surface area contributed by atoms with Crippen molar-refractivity contribution in [3.63, 3.8) is 0 Å². The Hall–Kier alpha value is -1.81. The molecular formula is C10H15NO5. The first-order chi connectivity index (χ1) is 7.17. The molecule has 0 saturated heterocycles. The van der Waals surface area contributed by atoms with Crippen LogP contribution in [0.4, 0.5) is 4.79 Å². The van der Waals surface area contributed by atoms with Crippen molar-refractivity contribution < 1.29 is 24.2 Å². The van der Waals surface area contributed by atoms with E-state index in [1.54, 1.807) is 20.8 Å². The Morgan fingerprint density at radius 3 is 2.19 bits per heavy atom. The van der Waals surface area contributed by atoms with Gasteiger partial charge >= 0.3 is 12.1 Å². The highest BCUT2D eigenvalue weighted by Gasteiger charge is 2.22. The lowest BCUT2D eigenvalue weighted by molar-refractivity contribution is -0.132. The van der Waals surface area contributed by atoms with Gasteiger partial charge in [0, 0.05) is 7.05 Å². The minimum Gasteiger partial charge on any atom is -0.477 e. The molecule has 0 aliphatic heterocycles. The van der Waals surface area contributed by atoms with Gasteiger partial charge in [-0.1, -0.05) is 0 Å². The third kappa shape index (κ3) is 5.17. The number of rotatable bonds is 3. The van der Waals surface area contributed by atoms with E-state index in [4.69, 9.17) is 9.84 Å². The van der Waals surface area contributed by atoms with Crippen molar-refractivity contribution in [1.82, 2.24) is 4.90 Å². The number of nitrogens with zero attached hydrogens (tertiary/aromatic N) is 1. The van der Waals surface area contributed by atoms with Gasteiger partial charge in [-0.05, 0) is 20.8 Å². The van der Waals surface area contributed by atoms with E-state index in [0.717, 1.165) is 4.90 Å². The number of hydrogen-bond acceptors (Lipinski definition) is 4. The Morgan fingerprint density at radius 2 is 1.88 bits per heavy atom. The highest BCUT2D eigenvalue weighted by Crippen LogP contribution is 2.09. The van der Waals surface area contributed by atoms with Gasteiger partial charge in [-0.15, -0.1) is 0 Å². The molecule has 0 aliphatic carbocycles. The molecular weight excluding hydrogens is 214 g/mol. The van der Waals surface area contributed by atoms with Crippen LogP contribution in [0.15, 0.2) is 5.57 Å². The first-order valence-electron chi connectivity index (χ1n) is 4.58. The normalized spacial score (nSPS) is 10.2. The molecule has 0 fully saturated rings. The Morgan fingerprint density at radius 1 is 1.38 bits per heavy atom. The molecule has 0 atom stereocenters. The number of hydrogen-bond donors (Lipinski definition) is 1.